The van der Waals surface area contributed by atoms with Crippen molar-refractivity contribution in [2.75, 3.05) is 0 Å². The molecule has 0 aromatic rings. The Morgan fingerprint density at radius 3 is 1.29 bits per heavy atom. The summed E-state index contributed by atoms with van der Waals surface area (Å²) < 4.78 is 31.6. The molecule has 2 N–H and O–H groups in total. The fraction of sp³-hybridized carbons (Fsp3) is 0. The molecular weight excluding hydrogens is 131 g/mol. The molecule has 0 spiro atoms. The average molecular weight is 135 g/mol. The van der Waals surface area contributed by atoms with E-state index in [9.17, 15) is 0 Å². The molecule has 7 heteroatoms. The molecule has 0 heterocycles. The van der Waals surface area contributed by atoms with E-state index in [1.807, 2.05) is 0 Å². The van der Waals surface area contributed by atoms with Crippen molar-refractivity contribution in [3.05, 3.63) is 0 Å². The summed E-state index contributed by atoms with van der Waals surface area (Å²) in [6.45, 7) is 0. The molecule has 0 aliphatic carbocycles. The van der Waals surface area contributed by atoms with Crippen LogP contribution < -0.4 is 0 Å². The Morgan fingerprint density at radius 1 is 1.29 bits per heavy atom. The zero-order valence-corrected chi connectivity index (χ0v) is 5.63. The second-order valence-electron chi connectivity index (χ2n) is 0.448. The molecule has 0 amide bonds. The van der Waals surface area contributed by atoms with E-state index in [0.717, 1.165) is 0 Å². The zero-order chi connectivity index (χ0) is 4.50. The number of hydrogen-bond acceptors (Lipinski definition) is 2. The van der Waals surface area contributed by atoms with E-state index < -0.39 is 10.4 Å². The van der Waals surface area contributed by atoms with E-state index >= 15 is 0 Å². The van der Waals surface area contributed by atoms with Gasteiger partial charge in [-0.25, -0.2) is 0 Å². The first-order chi connectivity index (χ1) is 2.00. The van der Waals surface area contributed by atoms with Gasteiger partial charge in [-0.3, -0.25) is 9.11 Å². The van der Waals surface area contributed by atoms with Crippen LogP contribution in [0.1, 0.15) is 2.85 Å². The molecule has 3 radical (unpaired) electrons. The van der Waals surface area contributed by atoms with Crippen molar-refractivity contribution in [3.63, 3.8) is 0 Å². The van der Waals surface area contributed by atoms with Gasteiger partial charge in [0.05, 0.1) is 0 Å². The fourth-order valence-corrected chi connectivity index (χ4v) is 0. The zero-order valence-electron chi connectivity index (χ0n) is 5.40. The topological polar surface area (TPSA) is 74.6 Å². The Labute approximate surface area is 62.6 Å². The van der Waals surface area contributed by atoms with Gasteiger partial charge in [0, 0.05) is 8.41 Å². The minimum Gasteiger partial charge on any atom is -1.00 e. The van der Waals surface area contributed by atoms with Crippen LogP contribution in [-0.2, 0) is 10.4 Å². The summed E-state index contributed by atoms with van der Waals surface area (Å²) in [5.74, 6) is 0. The van der Waals surface area contributed by atoms with Gasteiger partial charge in [-0.2, -0.15) is 8.42 Å². The molecule has 0 bridgehead atoms. The maximum atomic E-state index is 8.74. The van der Waals surface area contributed by atoms with Crippen LogP contribution in [0.15, 0.2) is 0 Å². The van der Waals surface area contributed by atoms with Gasteiger partial charge in [-0.15, -0.1) is 0 Å². The smallest absolute Gasteiger partial charge is 1.00 e. The number of rotatable bonds is 0. The minimum atomic E-state index is -4.67. The second kappa shape index (κ2) is 4.85. The Hall–Kier alpha value is 0.701. The first-order valence-corrected chi connectivity index (χ1v) is 2.10. The van der Waals surface area contributed by atoms with Crippen molar-refractivity contribution in [2.24, 2.45) is 0 Å². The molecule has 0 saturated carbocycles. The Morgan fingerprint density at radius 2 is 1.29 bits per heavy atom. The van der Waals surface area contributed by atoms with Crippen molar-refractivity contribution in [3.8, 4) is 0 Å². The third-order valence-corrected chi connectivity index (χ3v) is 0. The first kappa shape index (κ1) is 15.6. The van der Waals surface area contributed by atoms with Crippen molar-refractivity contribution in [2.45, 2.75) is 0 Å². The van der Waals surface area contributed by atoms with E-state index in [1.54, 1.807) is 0 Å². The maximum absolute atomic E-state index is 8.74. The summed E-state index contributed by atoms with van der Waals surface area (Å²) >= 11 is 0. The van der Waals surface area contributed by atoms with Crippen LogP contribution in [0.5, 0.6) is 0 Å². The normalized spacial score (nSPS) is 8.29. The molecule has 0 unspecified atom stereocenters. The molecular formula is H4BMgO4S. The number of hydrogen-bond donors (Lipinski definition) is 2. The van der Waals surface area contributed by atoms with Gasteiger partial charge in [0.1, 0.15) is 0 Å². The van der Waals surface area contributed by atoms with Crippen LogP contribution in [0.25, 0.3) is 0 Å². The molecule has 4 nitrogen and oxygen atoms in total. The molecule has 39 valence electrons. The van der Waals surface area contributed by atoms with E-state index in [0.29, 0.717) is 0 Å². The van der Waals surface area contributed by atoms with Crippen molar-refractivity contribution >= 4 is 41.9 Å². The van der Waals surface area contributed by atoms with Gasteiger partial charge in [-0.05, 0) is 0 Å². The summed E-state index contributed by atoms with van der Waals surface area (Å²) in [5.41, 5.74) is 0. The van der Waals surface area contributed by atoms with Crippen LogP contribution in [0.4, 0.5) is 0 Å². The molecule has 0 atom stereocenters. The van der Waals surface area contributed by atoms with E-state index in [-0.39, 0.29) is 34.3 Å². The van der Waals surface area contributed by atoms with Crippen LogP contribution >= 0.6 is 0 Å². The van der Waals surface area contributed by atoms with Crippen LogP contribution in [0, 0.1) is 0 Å². The predicted octanol–water partition coefficient (Wildman–Crippen LogP) is -1.19. The molecule has 0 aliphatic rings. The van der Waals surface area contributed by atoms with Gasteiger partial charge in [-0.1, -0.05) is 0 Å². The third-order valence-electron chi connectivity index (χ3n) is 0. The fourth-order valence-electron chi connectivity index (χ4n) is 0. The van der Waals surface area contributed by atoms with E-state index in [2.05, 4.69) is 0 Å². The van der Waals surface area contributed by atoms with Gasteiger partial charge >= 0.3 is 33.5 Å². The molecule has 0 rings (SSSR count). The third kappa shape index (κ3) is 301. The Kier molecular flexibility index (Phi) is 10.8. The van der Waals surface area contributed by atoms with Crippen molar-refractivity contribution < 1.29 is 20.4 Å². The summed E-state index contributed by atoms with van der Waals surface area (Å²) in [4.78, 5) is 0. The minimum absolute atomic E-state index is 0. The summed E-state index contributed by atoms with van der Waals surface area (Å²) in [6.07, 6.45) is 0. The van der Waals surface area contributed by atoms with Crippen molar-refractivity contribution in [1.29, 1.82) is 0 Å². The summed E-state index contributed by atoms with van der Waals surface area (Å²) in [6, 6.07) is 0. The quantitative estimate of drug-likeness (QED) is 0.323. The molecule has 0 fully saturated rings. The van der Waals surface area contributed by atoms with Gasteiger partial charge < -0.3 is 2.85 Å². The molecule has 0 aromatic heterocycles. The first-order valence-electron chi connectivity index (χ1n) is 0.698. The van der Waals surface area contributed by atoms with E-state index in [4.69, 9.17) is 17.5 Å². The molecule has 0 saturated heterocycles. The van der Waals surface area contributed by atoms with Crippen molar-refractivity contribution in [1.82, 2.24) is 0 Å². The van der Waals surface area contributed by atoms with Crippen LogP contribution in [0.3, 0.4) is 0 Å². The van der Waals surface area contributed by atoms with E-state index in [1.165, 1.54) is 0 Å². The maximum Gasteiger partial charge on any atom is 2.00 e. The Balaban J connectivity index is -0.0000000133. The standard InChI is InChI=1S/B.Mg.H2O4S.2H/c;;1-5(2,3)4;;/h;;(H2,1,2,3,4);;/q;+2;;2*-1. The van der Waals surface area contributed by atoms with Gasteiger partial charge in [0.25, 0.3) is 0 Å². The van der Waals surface area contributed by atoms with Crippen LogP contribution in [-0.4, -0.2) is 49.0 Å². The SMILES string of the molecule is O=S(=O)(O)O.[B].[H-].[H-].[Mg+2]. The molecule has 0 aliphatic heterocycles. The second-order valence-corrected chi connectivity index (χ2v) is 1.34. The molecule has 0 aromatic carbocycles. The molecule has 7 heavy (non-hydrogen) atoms. The predicted molar refractivity (Wildman–Crippen MR) is 27.9 cm³/mol. The van der Waals surface area contributed by atoms with Gasteiger partial charge in [0.15, 0.2) is 0 Å². The Bertz CT molecular complexity index is 102. The van der Waals surface area contributed by atoms with Gasteiger partial charge in [0.2, 0.25) is 0 Å². The van der Waals surface area contributed by atoms with Crippen LogP contribution in [0.2, 0.25) is 0 Å². The largest absolute Gasteiger partial charge is 2.00 e. The summed E-state index contributed by atoms with van der Waals surface area (Å²) in [7, 11) is -4.67. The summed E-state index contributed by atoms with van der Waals surface area (Å²) in [5, 5.41) is 0. The monoisotopic (exact) mass is 135 g/mol. The average Bonchev–Trinajstić information content (AvgIpc) is 0.722.